The number of esters is 1. The molecular weight excluding hydrogens is 620 g/mol. The van der Waals surface area contributed by atoms with E-state index in [0.29, 0.717) is 12.3 Å². The number of aliphatic hydroxyl groups is 4. The largest absolute Gasteiger partial charge is 0.462 e. The van der Waals surface area contributed by atoms with E-state index in [0.717, 1.165) is 38.5 Å². The minimum atomic E-state index is -1.32. The number of allylic oxidation sites excluding steroid dienone is 2. The van der Waals surface area contributed by atoms with E-state index in [1.807, 2.05) is 6.92 Å². The quantitative estimate of drug-likeness (QED) is 0.198. The van der Waals surface area contributed by atoms with Crippen LogP contribution >= 0.6 is 0 Å². The Morgan fingerprint density at radius 3 is 2.38 bits per heavy atom. The van der Waals surface area contributed by atoms with E-state index in [1.54, 1.807) is 0 Å². The molecule has 48 heavy (non-hydrogen) atoms. The highest BCUT2D eigenvalue weighted by molar-refractivity contribution is 5.66. The van der Waals surface area contributed by atoms with Crippen molar-refractivity contribution in [1.29, 1.82) is 0 Å². The van der Waals surface area contributed by atoms with E-state index in [-0.39, 0.29) is 75.9 Å². The maximum Gasteiger partial charge on any atom is 0.302 e. The van der Waals surface area contributed by atoms with Crippen LogP contribution in [0.15, 0.2) is 11.6 Å². The summed E-state index contributed by atoms with van der Waals surface area (Å²) in [6.45, 7) is 14.9. The van der Waals surface area contributed by atoms with Crippen molar-refractivity contribution in [2.45, 2.75) is 160 Å². The molecule has 4 aliphatic heterocycles. The molecule has 11 nitrogen and oxygen atoms in total. The first-order valence-electron chi connectivity index (χ1n) is 18.3. The molecule has 0 radical (unpaired) electrons. The highest BCUT2D eigenvalue weighted by atomic mass is 16.8. The van der Waals surface area contributed by atoms with Gasteiger partial charge in [-0.1, -0.05) is 46.3 Å². The van der Waals surface area contributed by atoms with Crippen LogP contribution in [-0.2, 0) is 33.2 Å². The Hall–Kier alpha value is -1.15. The van der Waals surface area contributed by atoms with Gasteiger partial charge in [0.05, 0.1) is 18.8 Å². The van der Waals surface area contributed by atoms with E-state index >= 15 is 0 Å². The molecule has 0 aromatic heterocycles. The number of hydrogen-bond donors (Lipinski definition) is 4. The Labute approximate surface area is 282 Å². The lowest BCUT2D eigenvalue weighted by Crippen LogP contribution is -2.61. The Morgan fingerprint density at radius 2 is 1.71 bits per heavy atom. The summed E-state index contributed by atoms with van der Waals surface area (Å²) in [5, 5.41) is 41.7. The van der Waals surface area contributed by atoms with Crippen molar-refractivity contribution in [3.63, 3.8) is 0 Å². The van der Waals surface area contributed by atoms with Gasteiger partial charge in [-0.3, -0.25) is 4.79 Å². The third-order valence-corrected chi connectivity index (χ3v) is 16.1. The summed E-state index contributed by atoms with van der Waals surface area (Å²) in [6.07, 6.45) is 1.68. The summed E-state index contributed by atoms with van der Waals surface area (Å²) in [4.78, 5) is 12.9. The number of rotatable bonds is 3. The van der Waals surface area contributed by atoms with Crippen LogP contribution in [-0.4, -0.2) is 99.7 Å². The Morgan fingerprint density at radius 1 is 0.958 bits per heavy atom. The van der Waals surface area contributed by atoms with Gasteiger partial charge in [-0.15, -0.1) is 0 Å². The lowest BCUT2D eigenvalue weighted by molar-refractivity contribution is -0.345. The average Bonchev–Trinajstić information content (AvgIpc) is 3.84. The third kappa shape index (κ3) is 3.69. The summed E-state index contributed by atoms with van der Waals surface area (Å²) < 4.78 is 37.8. The summed E-state index contributed by atoms with van der Waals surface area (Å²) in [5.41, 5.74) is -0.191. The number of aliphatic hydroxyl groups excluding tert-OH is 4. The molecule has 0 aromatic rings. The van der Waals surface area contributed by atoms with Gasteiger partial charge in [0.15, 0.2) is 12.6 Å². The van der Waals surface area contributed by atoms with E-state index in [4.69, 9.17) is 28.4 Å². The monoisotopic (exact) mass is 674 g/mol. The van der Waals surface area contributed by atoms with Crippen molar-refractivity contribution < 1.29 is 53.6 Å². The van der Waals surface area contributed by atoms with Gasteiger partial charge in [0.2, 0.25) is 5.79 Å². The lowest BCUT2D eigenvalue weighted by atomic mass is 9.44. The Bertz CT molecular complexity index is 1450. The molecule has 0 amide bonds. The molecule has 4 N–H and O–H groups in total. The molecule has 3 spiro atoms. The van der Waals surface area contributed by atoms with Crippen molar-refractivity contribution in [3.05, 3.63) is 11.6 Å². The van der Waals surface area contributed by atoms with E-state index in [9.17, 15) is 25.2 Å². The fourth-order valence-electron chi connectivity index (χ4n) is 13.8. The van der Waals surface area contributed by atoms with Gasteiger partial charge in [0.25, 0.3) is 0 Å². The smallest absolute Gasteiger partial charge is 0.302 e. The molecule has 8 fully saturated rings. The number of fused-ring (bicyclic) bond motifs is 6. The van der Waals surface area contributed by atoms with Crippen LogP contribution < -0.4 is 0 Å². The SMILES string of the molecule is CC(=O)O[C@@H]1C[C@@]23C[C@@]24CC[C@H](O[C@@H]2OC[C@@H](O)[C@@H](O)C2O)C(C)(C)[C@@H]4CC=C3[C@]2(C)C[C@@H]3OC4(C[C@@H](C)[C@@H]3[C@@]12C)OC(O)C1(C)OC41. The van der Waals surface area contributed by atoms with Gasteiger partial charge in [-0.25, -0.2) is 0 Å². The molecule has 5 aliphatic carbocycles. The van der Waals surface area contributed by atoms with Gasteiger partial charge >= 0.3 is 5.97 Å². The number of ether oxygens (including phenoxy) is 6. The highest BCUT2D eigenvalue weighted by Crippen LogP contribution is 2.88. The predicted molar refractivity (Wildman–Crippen MR) is 168 cm³/mol. The maximum atomic E-state index is 12.9. The minimum Gasteiger partial charge on any atom is -0.462 e. The molecule has 5 unspecified atom stereocenters. The summed E-state index contributed by atoms with van der Waals surface area (Å²) in [7, 11) is 0. The van der Waals surface area contributed by atoms with Crippen molar-refractivity contribution in [2.24, 2.45) is 44.8 Å². The molecule has 4 saturated heterocycles. The third-order valence-electron chi connectivity index (χ3n) is 16.1. The predicted octanol–water partition coefficient (Wildman–Crippen LogP) is 2.95. The first kappa shape index (κ1) is 32.7. The zero-order valence-corrected chi connectivity index (χ0v) is 29.3. The molecule has 18 atom stereocenters. The molecule has 9 aliphatic rings. The van der Waals surface area contributed by atoms with Gasteiger partial charge in [0, 0.05) is 29.6 Å². The number of epoxide rings is 1. The maximum absolute atomic E-state index is 12.9. The number of hydrogen-bond acceptors (Lipinski definition) is 11. The standard InChI is InChI=1S/C37H54O11/c1-17-12-37(29-34(7,47-29)30(42)48-37)46-20-13-32(5)22-9-8-21-31(3,4)23(45-28-27(41)26(40)19(39)15-43-28)10-11-35(21)16-36(22,35)14-24(44-18(2)38)33(32,6)25(17)20/h9,17,19-21,23-30,39-42H,8,10-16H2,1-7H3/t17-,19-,20+,21+,23+,24-,25+,26-,27?,28+,29?,30?,32+,33-,34?,35-,36+,37?/m1/s1. The average molecular weight is 675 g/mol. The van der Waals surface area contributed by atoms with Gasteiger partial charge in [-0.2, -0.15) is 0 Å². The van der Waals surface area contributed by atoms with Crippen LogP contribution in [0.3, 0.4) is 0 Å². The molecule has 0 bridgehead atoms. The van der Waals surface area contributed by atoms with E-state index in [2.05, 4.69) is 40.7 Å². The lowest BCUT2D eigenvalue weighted by Gasteiger charge is -2.62. The van der Waals surface area contributed by atoms with Gasteiger partial charge in [0.1, 0.15) is 36.1 Å². The minimum absolute atomic E-state index is 0.0364. The topological polar surface area (TPSA) is 157 Å². The summed E-state index contributed by atoms with van der Waals surface area (Å²) in [6, 6.07) is 0. The first-order valence-corrected chi connectivity index (χ1v) is 18.3. The molecule has 268 valence electrons. The molecular formula is C37H54O11. The number of carbonyl (C=O) groups is 1. The van der Waals surface area contributed by atoms with Crippen LogP contribution in [0.5, 0.6) is 0 Å². The first-order chi connectivity index (χ1) is 22.4. The Balaban J connectivity index is 1.06. The van der Waals surface area contributed by atoms with Gasteiger partial charge < -0.3 is 48.8 Å². The second-order valence-electron chi connectivity index (χ2n) is 18.5. The molecule has 0 aromatic carbocycles. The van der Waals surface area contributed by atoms with Crippen LogP contribution in [0.1, 0.15) is 93.4 Å². The van der Waals surface area contributed by atoms with Crippen molar-refractivity contribution in [1.82, 2.24) is 0 Å². The Kier molecular flexibility index (Phi) is 6.57. The highest BCUT2D eigenvalue weighted by Gasteiger charge is 2.85. The van der Waals surface area contributed by atoms with Crippen molar-refractivity contribution >= 4 is 5.97 Å². The summed E-state index contributed by atoms with van der Waals surface area (Å²) >= 11 is 0. The van der Waals surface area contributed by atoms with E-state index in [1.165, 1.54) is 12.5 Å². The molecule has 9 rings (SSSR count). The van der Waals surface area contributed by atoms with Gasteiger partial charge in [-0.05, 0) is 74.0 Å². The van der Waals surface area contributed by atoms with Crippen molar-refractivity contribution in [2.75, 3.05) is 6.61 Å². The van der Waals surface area contributed by atoms with Crippen LogP contribution in [0.2, 0.25) is 0 Å². The normalized spacial score (nSPS) is 61.6. The fourth-order valence-corrected chi connectivity index (χ4v) is 13.8. The zero-order valence-electron chi connectivity index (χ0n) is 29.3. The zero-order chi connectivity index (χ0) is 34.2. The van der Waals surface area contributed by atoms with Crippen LogP contribution in [0.4, 0.5) is 0 Å². The number of carbonyl (C=O) groups excluding carboxylic acids is 1. The molecule has 11 heteroatoms. The second-order valence-corrected chi connectivity index (χ2v) is 18.5. The second kappa shape index (κ2) is 9.63. The van der Waals surface area contributed by atoms with Crippen molar-refractivity contribution in [3.8, 4) is 0 Å². The summed E-state index contributed by atoms with van der Waals surface area (Å²) in [5.74, 6) is -0.600. The van der Waals surface area contributed by atoms with Crippen LogP contribution in [0.25, 0.3) is 0 Å². The van der Waals surface area contributed by atoms with E-state index < -0.39 is 42.3 Å². The molecule has 4 saturated carbocycles. The van der Waals surface area contributed by atoms with Crippen LogP contribution in [0, 0.1) is 44.8 Å². The molecule has 4 heterocycles. The fraction of sp³-hybridized carbons (Fsp3) is 0.919.